The van der Waals surface area contributed by atoms with Crippen molar-refractivity contribution in [1.82, 2.24) is 9.55 Å². The molecule has 1 amide bonds. The zero-order chi connectivity index (χ0) is 20.1. The number of carbonyl (C=O) groups is 1. The topological polar surface area (TPSA) is 93.5 Å². The largest absolute Gasteiger partial charge is 0.473 e. The van der Waals surface area contributed by atoms with E-state index in [2.05, 4.69) is 10.3 Å². The van der Waals surface area contributed by atoms with Crippen LogP contribution in [0.1, 0.15) is 11.1 Å². The van der Waals surface area contributed by atoms with Crippen molar-refractivity contribution in [3.05, 3.63) is 71.1 Å². The van der Waals surface area contributed by atoms with E-state index in [4.69, 9.17) is 16.3 Å². The second-order valence-electron chi connectivity index (χ2n) is 6.02. The zero-order valence-electron chi connectivity index (χ0n) is 15.0. The molecule has 1 unspecified atom stereocenters. The molecule has 0 bridgehead atoms. The van der Waals surface area contributed by atoms with E-state index in [1.54, 1.807) is 60.5 Å². The standard InChI is InChI=1S/C19H18ClN3O4S/c1-23-12-21-10-19(23)27-11-14-6-7-15(9-17(14)28(25)26)22-18(24)8-13-4-2-3-5-16(13)20/h2-7,9-10,12H,8,11H2,1H3,(H,22,24)(H,25,26). The molecule has 9 heteroatoms. The van der Waals surface area contributed by atoms with E-state index in [1.165, 1.54) is 6.07 Å². The van der Waals surface area contributed by atoms with Crippen molar-refractivity contribution in [2.75, 3.05) is 5.32 Å². The molecule has 1 atom stereocenters. The van der Waals surface area contributed by atoms with Gasteiger partial charge in [-0.2, -0.15) is 0 Å². The van der Waals surface area contributed by atoms with Gasteiger partial charge in [-0.15, -0.1) is 0 Å². The lowest BCUT2D eigenvalue weighted by Gasteiger charge is -2.12. The number of halogens is 1. The Morgan fingerprint density at radius 3 is 2.75 bits per heavy atom. The Kier molecular flexibility index (Phi) is 6.45. The minimum atomic E-state index is -2.24. The Balaban J connectivity index is 1.71. The van der Waals surface area contributed by atoms with Gasteiger partial charge in [-0.25, -0.2) is 9.19 Å². The first kappa shape index (κ1) is 20.1. The van der Waals surface area contributed by atoms with Gasteiger partial charge in [0, 0.05) is 23.3 Å². The van der Waals surface area contributed by atoms with Gasteiger partial charge in [0.05, 0.1) is 23.8 Å². The first-order chi connectivity index (χ1) is 13.4. The van der Waals surface area contributed by atoms with Crippen LogP contribution in [0.3, 0.4) is 0 Å². The summed E-state index contributed by atoms with van der Waals surface area (Å²) >= 11 is 3.84. The lowest BCUT2D eigenvalue weighted by molar-refractivity contribution is -0.115. The van der Waals surface area contributed by atoms with E-state index in [-0.39, 0.29) is 23.8 Å². The number of benzene rings is 2. The quantitative estimate of drug-likeness (QED) is 0.572. The Labute approximate surface area is 169 Å². The lowest BCUT2D eigenvalue weighted by Crippen LogP contribution is -2.15. The molecule has 146 valence electrons. The Hall–Kier alpha value is -2.68. The maximum atomic E-state index is 12.3. The van der Waals surface area contributed by atoms with Crippen LogP contribution >= 0.6 is 11.6 Å². The van der Waals surface area contributed by atoms with Crippen molar-refractivity contribution >= 4 is 34.3 Å². The summed E-state index contributed by atoms with van der Waals surface area (Å²) in [5.74, 6) is 0.258. The molecule has 1 aromatic heterocycles. The van der Waals surface area contributed by atoms with Crippen LogP contribution in [0.15, 0.2) is 59.9 Å². The second-order valence-corrected chi connectivity index (χ2v) is 7.36. The normalized spacial score (nSPS) is 11.8. The van der Waals surface area contributed by atoms with E-state index >= 15 is 0 Å². The van der Waals surface area contributed by atoms with Crippen LogP contribution in [-0.2, 0) is 36.0 Å². The smallest absolute Gasteiger partial charge is 0.228 e. The van der Waals surface area contributed by atoms with Crippen molar-refractivity contribution in [2.24, 2.45) is 7.05 Å². The fourth-order valence-electron chi connectivity index (χ4n) is 2.57. The van der Waals surface area contributed by atoms with Crippen LogP contribution in [-0.4, -0.2) is 24.2 Å². The highest BCUT2D eigenvalue weighted by Gasteiger charge is 2.13. The third-order valence-corrected chi connectivity index (χ3v) is 5.12. The van der Waals surface area contributed by atoms with Crippen LogP contribution in [0, 0.1) is 0 Å². The number of ether oxygens (including phenoxy) is 1. The van der Waals surface area contributed by atoms with Gasteiger partial charge in [0.1, 0.15) is 6.61 Å². The molecule has 0 aliphatic heterocycles. The molecule has 0 saturated heterocycles. The van der Waals surface area contributed by atoms with Crippen molar-refractivity contribution < 1.29 is 18.3 Å². The molecule has 3 aromatic rings. The van der Waals surface area contributed by atoms with Crippen molar-refractivity contribution in [3.63, 3.8) is 0 Å². The van der Waals surface area contributed by atoms with E-state index in [9.17, 15) is 13.6 Å². The number of nitrogens with one attached hydrogen (secondary N) is 1. The number of rotatable bonds is 7. The van der Waals surface area contributed by atoms with Gasteiger partial charge in [-0.05, 0) is 23.8 Å². The molecule has 0 aliphatic carbocycles. The zero-order valence-corrected chi connectivity index (χ0v) is 16.5. The monoisotopic (exact) mass is 419 g/mol. The second kappa shape index (κ2) is 9.01. The Morgan fingerprint density at radius 1 is 1.29 bits per heavy atom. The Bertz CT molecular complexity index is 1020. The summed E-state index contributed by atoms with van der Waals surface area (Å²) in [7, 11) is 1.78. The highest BCUT2D eigenvalue weighted by atomic mass is 35.5. The summed E-state index contributed by atoms with van der Waals surface area (Å²) in [5, 5.41) is 3.23. The van der Waals surface area contributed by atoms with Crippen LogP contribution in [0.4, 0.5) is 5.69 Å². The highest BCUT2D eigenvalue weighted by molar-refractivity contribution is 7.79. The SMILES string of the molecule is Cn1cncc1OCc1ccc(NC(=O)Cc2ccccc2Cl)cc1S(=O)O. The molecule has 0 radical (unpaired) electrons. The van der Waals surface area contributed by atoms with Gasteiger partial charge in [0.15, 0.2) is 11.1 Å². The Morgan fingerprint density at radius 2 is 2.07 bits per heavy atom. The molecule has 3 rings (SSSR count). The molecular formula is C19H18ClN3O4S. The van der Waals surface area contributed by atoms with Crippen LogP contribution in [0.25, 0.3) is 0 Å². The molecule has 2 aromatic carbocycles. The molecule has 0 saturated carbocycles. The molecule has 1 heterocycles. The van der Waals surface area contributed by atoms with Gasteiger partial charge in [-0.1, -0.05) is 35.9 Å². The van der Waals surface area contributed by atoms with Gasteiger partial charge < -0.3 is 19.2 Å². The molecule has 2 N–H and O–H groups in total. The van der Waals surface area contributed by atoms with Gasteiger partial charge in [0.25, 0.3) is 0 Å². The van der Waals surface area contributed by atoms with Crippen molar-refractivity contribution in [2.45, 2.75) is 17.9 Å². The minimum Gasteiger partial charge on any atom is -0.473 e. The number of hydrogen-bond acceptors (Lipinski definition) is 4. The van der Waals surface area contributed by atoms with Crippen LogP contribution in [0.2, 0.25) is 5.02 Å². The van der Waals surface area contributed by atoms with Crippen LogP contribution in [0.5, 0.6) is 5.88 Å². The third-order valence-electron chi connectivity index (χ3n) is 4.00. The predicted molar refractivity (Wildman–Crippen MR) is 107 cm³/mol. The van der Waals surface area contributed by atoms with Crippen molar-refractivity contribution in [1.29, 1.82) is 0 Å². The number of imidazole rings is 1. The van der Waals surface area contributed by atoms with E-state index in [0.717, 1.165) is 0 Å². The number of carbonyl (C=O) groups excluding carboxylic acids is 1. The molecule has 7 nitrogen and oxygen atoms in total. The lowest BCUT2D eigenvalue weighted by atomic mass is 10.1. The fourth-order valence-corrected chi connectivity index (χ4v) is 3.35. The van der Waals surface area contributed by atoms with Crippen molar-refractivity contribution in [3.8, 4) is 5.88 Å². The van der Waals surface area contributed by atoms with Gasteiger partial charge in [0.2, 0.25) is 11.8 Å². The number of anilines is 1. The predicted octanol–water partition coefficient (Wildman–Crippen LogP) is 3.41. The first-order valence-corrected chi connectivity index (χ1v) is 9.78. The maximum absolute atomic E-state index is 12.3. The van der Waals surface area contributed by atoms with E-state index < -0.39 is 11.1 Å². The molecule has 28 heavy (non-hydrogen) atoms. The molecule has 0 spiro atoms. The fraction of sp³-hybridized carbons (Fsp3) is 0.158. The maximum Gasteiger partial charge on any atom is 0.228 e. The summed E-state index contributed by atoms with van der Waals surface area (Å²) < 4.78 is 28.7. The summed E-state index contributed by atoms with van der Waals surface area (Å²) in [6.45, 7) is 0.0923. The third kappa shape index (κ3) is 4.98. The summed E-state index contributed by atoms with van der Waals surface area (Å²) in [5.41, 5.74) is 1.65. The average molecular weight is 420 g/mol. The highest BCUT2D eigenvalue weighted by Crippen LogP contribution is 2.22. The van der Waals surface area contributed by atoms with E-state index in [0.29, 0.717) is 27.7 Å². The number of hydrogen-bond donors (Lipinski definition) is 2. The van der Waals surface area contributed by atoms with Gasteiger partial charge in [-0.3, -0.25) is 4.79 Å². The van der Waals surface area contributed by atoms with Gasteiger partial charge >= 0.3 is 0 Å². The molecule has 0 aliphatic rings. The average Bonchev–Trinajstić information content (AvgIpc) is 3.07. The number of aryl methyl sites for hydroxylation is 1. The van der Waals surface area contributed by atoms with E-state index in [1.807, 2.05) is 0 Å². The number of amides is 1. The number of aromatic nitrogens is 2. The molecular weight excluding hydrogens is 402 g/mol. The first-order valence-electron chi connectivity index (χ1n) is 8.30. The summed E-state index contributed by atoms with van der Waals surface area (Å²) in [6, 6.07) is 11.8. The summed E-state index contributed by atoms with van der Waals surface area (Å²) in [6.07, 6.45) is 3.25. The minimum absolute atomic E-state index is 0.0923. The number of nitrogens with zero attached hydrogens (tertiary/aromatic N) is 2. The van der Waals surface area contributed by atoms with Crippen LogP contribution < -0.4 is 10.1 Å². The summed E-state index contributed by atoms with van der Waals surface area (Å²) in [4.78, 5) is 16.4. The molecule has 0 fully saturated rings.